The van der Waals surface area contributed by atoms with Crippen LogP contribution in [-0.2, 0) is 6.42 Å². The Morgan fingerprint density at radius 2 is 1.71 bits per heavy atom. The topological polar surface area (TPSA) is 26.0 Å². The van der Waals surface area contributed by atoms with Crippen LogP contribution >= 0.6 is 0 Å². The van der Waals surface area contributed by atoms with Crippen molar-refractivity contribution in [2.45, 2.75) is 64.3 Å². The van der Waals surface area contributed by atoms with Gasteiger partial charge in [0, 0.05) is 6.04 Å². The Morgan fingerprint density at radius 1 is 1.00 bits per heavy atom. The lowest BCUT2D eigenvalue weighted by Gasteiger charge is -2.12. The number of rotatable bonds is 8. The number of hydrogen-bond acceptors (Lipinski definition) is 1. The summed E-state index contributed by atoms with van der Waals surface area (Å²) < 4.78 is 0. The Morgan fingerprint density at radius 3 is 2.38 bits per heavy atom. The van der Waals surface area contributed by atoms with Gasteiger partial charge in [0.15, 0.2) is 0 Å². The van der Waals surface area contributed by atoms with Gasteiger partial charge >= 0.3 is 0 Å². The summed E-state index contributed by atoms with van der Waals surface area (Å²) in [5, 5.41) is 0. The third-order valence-corrected chi connectivity index (χ3v) is 4.24. The Kier molecular flexibility index (Phi) is 6.75. The standard InChI is InChI=1S/C20H29N/c1-2-3-4-5-6-7-8-17-9-11-18(12-10-17)19-13-15-20(21)16-14-19/h9-15,20H,2-8,16,21H2,1H3. The van der Waals surface area contributed by atoms with Crippen LogP contribution in [0, 0.1) is 0 Å². The quantitative estimate of drug-likeness (QED) is 0.647. The van der Waals surface area contributed by atoms with Gasteiger partial charge < -0.3 is 5.73 Å². The highest BCUT2D eigenvalue weighted by Crippen LogP contribution is 2.22. The molecule has 0 saturated heterocycles. The number of aryl methyl sites for hydroxylation is 1. The molecule has 114 valence electrons. The maximum Gasteiger partial charge on any atom is 0.0262 e. The molecule has 1 nitrogen and oxygen atoms in total. The molecule has 1 aliphatic carbocycles. The summed E-state index contributed by atoms with van der Waals surface area (Å²) in [5.74, 6) is 0. The molecule has 1 aromatic carbocycles. The smallest absolute Gasteiger partial charge is 0.0262 e. The van der Waals surface area contributed by atoms with Gasteiger partial charge in [-0.15, -0.1) is 0 Å². The lowest BCUT2D eigenvalue weighted by molar-refractivity contribution is 0.607. The van der Waals surface area contributed by atoms with Gasteiger partial charge in [0.1, 0.15) is 0 Å². The monoisotopic (exact) mass is 283 g/mol. The average Bonchev–Trinajstić information content (AvgIpc) is 2.52. The summed E-state index contributed by atoms with van der Waals surface area (Å²) in [6.07, 6.45) is 16.9. The largest absolute Gasteiger partial charge is 0.324 e. The molecule has 0 radical (unpaired) electrons. The van der Waals surface area contributed by atoms with E-state index < -0.39 is 0 Å². The van der Waals surface area contributed by atoms with Crippen LogP contribution < -0.4 is 5.73 Å². The zero-order valence-electron chi connectivity index (χ0n) is 13.4. The van der Waals surface area contributed by atoms with Gasteiger partial charge in [-0.05, 0) is 36.0 Å². The number of unbranched alkanes of at least 4 members (excludes halogenated alkanes) is 5. The first-order valence-corrected chi connectivity index (χ1v) is 8.53. The minimum absolute atomic E-state index is 0.195. The van der Waals surface area contributed by atoms with Gasteiger partial charge in [0.05, 0.1) is 0 Å². The molecule has 0 aromatic heterocycles. The van der Waals surface area contributed by atoms with E-state index in [9.17, 15) is 0 Å². The minimum atomic E-state index is 0.195. The van der Waals surface area contributed by atoms with E-state index in [1.54, 1.807) is 0 Å². The lowest BCUT2D eigenvalue weighted by Crippen LogP contribution is -2.17. The molecule has 0 amide bonds. The summed E-state index contributed by atoms with van der Waals surface area (Å²) >= 11 is 0. The van der Waals surface area contributed by atoms with Gasteiger partial charge in [-0.1, -0.05) is 81.5 Å². The van der Waals surface area contributed by atoms with E-state index in [4.69, 9.17) is 5.73 Å². The molecule has 0 bridgehead atoms. The molecule has 2 N–H and O–H groups in total. The summed E-state index contributed by atoms with van der Waals surface area (Å²) in [6, 6.07) is 9.26. The first-order chi connectivity index (χ1) is 10.3. The van der Waals surface area contributed by atoms with E-state index in [1.165, 1.54) is 61.6 Å². The van der Waals surface area contributed by atoms with E-state index in [1.807, 2.05) is 0 Å². The Hall–Kier alpha value is -1.34. The number of allylic oxidation sites excluding steroid dienone is 2. The number of benzene rings is 1. The first-order valence-electron chi connectivity index (χ1n) is 8.53. The fourth-order valence-corrected chi connectivity index (χ4v) is 2.82. The molecule has 0 saturated carbocycles. The Labute approximate surface area is 129 Å². The van der Waals surface area contributed by atoms with Crippen molar-refractivity contribution in [1.82, 2.24) is 0 Å². The molecule has 1 heteroatoms. The second-order valence-corrected chi connectivity index (χ2v) is 6.13. The van der Waals surface area contributed by atoms with Crippen LogP contribution in [0.25, 0.3) is 5.57 Å². The zero-order valence-corrected chi connectivity index (χ0v) is 13.4. The second-order valence-electron chi connectivity index (χ2n) is 6.13. The summed E-state index contributed by atoms with van der Waals surface area (Å²) in [4.78, 5) is 0. The van der Waals surface area contributed by atoms with Crippen molar-refractivity contribution in [2.24, 2.45) is 5.73 Å². The van der Waals surface area contributed by atoms with E-state index in [0.717, 1.165) is 6.42 Å². The van der Waals surface area contributed by atoms with E-state index in [0.29, 0.717) is 0 Å². The molecule has 0 aliphatic heterocycles. The van der Waals surface area contributed by atoms with Gasteiger partial charge in [0.2, 0.25) is 0 Å². The van der Waals surface area contributed by atoms with Gasteiger partial charge in [-0.25, -0.2) is 0 Å². The van der Waals surface area contributed by atoms with Crippen molar-refractivity contribution in [3.05, 3.63) is 53.6 Å². The molecule has 0 fully saturated rings. The molecule has 21 heavy (non-hydrogen) atoms. The summed E-state index contributed by atoms with van der Waals surface area (Å²) in [7, 11) is 0. The Bertz CT molecular complexity index is 467. The number of nitrogens with two attached hydrogens (primary N) is 1. The maximum absolute atomic E-state index is 5.87. The lowest BCUT2D eigenvalue weighted by atomic mass is 9.96. The summed E-state index contributed by atoms with van der Waals surface area (Å²) in [6.45, 7) is 2.27. The molecule has 2 rings (SSSR count). The van der Waals surface area contributed by atoms with Crippen LogP contribution in [0.5, 0.6) is 0 Å². The molecule has 1 aliphatic rings. The van der Waals surface area contributed by atoms with Crippen molar-refractivity contribution in [1.29, 1.82) is 0 Å². The van der Waals surface area contributed by atoms with Crippen LogP contribution in [0.3, 0.4) is 0 Å². The van der Waals surface area contributed by atoms with Crippen molar-refractivity contribution in [3.63, 3.8) is 0 Å². The summed E-state index contributed by atoms with van der Waals surface area (Å²) in [5.41, 5.74) is 9.95. The zero-order chi connectivity index (χ0) is 14.9. The average molecular weight is 283 g/mol. The highest BCUT2D eigenvalue weighted by molar-refractivity contribution is 5.75. The van der Waals surface area contributed by atoms with E-state index in [2.05, 4.69) is 49.4 Å². The normalized spacial score (nSPS) is 17.8. The third-order valence-electron chi connectivity index (χ3n) is 4.24. The SMILES string of the molecule is CCCCCCCCc1ccc(C2=CCC(N)C=C2)cc1. The minimum Gasteiger partial charge on any atom is -0.324 e. The predicted molar refractivity (Wildman–Crippen MR) is 93.2 cm³/mol. The molecular formula is C20H29N. The Balaban J connectivity index is 1.76. The fourth-order valence-electron chi connectivity index (χ4n) is 2.82. The highest BCUT2D eigenvalue weighted by atomic mass is 14.6. The maximum atomic E-state index is 5.87. The van der Waals surface area contributed by atoms with Gasteiger partial charge in [-0.3, -0.25) is 0 Å². The van der Waals surface area contributed by atoms with Crippen LogP contribution in [0.2, 0.25) is 0 Å². The van der Waals surface area contributed by atoms with Gasteiger partial charge in [0.25, 0.3) is 0 Å². The third kappa shape index (κ3) is 5.51. The van der Waals surface area contributed by atoms with Gasteiger partial charge in [-0.2, -0.15) is 0 Å². The van der Waals surface area contributed by atoms with Crippen LogP contribution in [-0.4, -0.2) is 6.04 Å². The van der Waals surface area contributed by atoms with Crippen molar-refractivity contribution < 1.29 is 0 Å². The van der Waals surface area contributed by atoms with Crippen molar-refractivity contribution in [2.75, 3.05) is 0 Å². The molecule has 1 atom stereocenters. The van der Waals surface area contributed by atoms with E-state index in [-0.39, 0.29) is 6.04 Å². The first kappa shape index (κ1) is 16.0. The highest BCUT2D eigenvalue weighted by Gasteiger charge is 2.05. The molecule has 0 spiro atoms. The van der Waals surface area contributed by atoms with Crippen LogP contribution in [0.4, 0.5) is 0 Å². The molecule has 0 heterocycles. The van der Waals surface area contributed by atoms with Crippen molar-refractivity contribution in [3.8, 4) is 0 Å². The molecule has 1 aromatic rings. The fraction of sp³-hybridized carbons (Fsp3) is 0.500. The predicted octanol–water partition coefficient (Wildman–Crippen LogP) is 5.26. The molecule has 1 unspecified atom stereocenters. The number of hydrogen-bond donors (Lipinski definition) is 1. The van der Waals surface area contributed by atoms with E-state index >= 15 is 0 Å². The van der Waals surface area contributed by atoms with Crippen LogP contribution in [0.15, 0.2) is 42.5 Å². The second kappa shape index (κ2) is 8.84. The van der Waals surface area contributed by atoms with Crippen molar-refractivity contribution >= 4 is 5.57 Å². The molecular weight excluding hydrogens is 254 g/mol. The van der Waals surface area contributed by atoms with Crippen LogP contribution in [0.1, 0.15) is 63.0 Å².